The van der Waals surface area contributed by atoms with E-state index in [1.807, 2.05) is 25.1 Å². The van der Waals surface area contributed by atoms with Crippen molar-refractivity contribution in [2.75, 3.05) is 11.9 Å². The zero-order valence-corrected chi connectivity index (χ0v) is 12.0. The minimum absolute atomic E-state index is 0.199. The SMILES string of the molecule is Cc1cc(OCC(C)C)ccc1NC(=O)C(C)Cl. The van der Waals surface area contributed by atoms with Crippen molar-refractivity contribution in [3.8, 4) is 5.75 Å². The second-order valence-corrected chi connectivity index (χ2v) is 5.44. The van der Waals surface area contributed by atoms with Gasteiger partial charge in [0.1, 0.15) is 11.1 Å². The average molecular weight is 270 g/mol. The third-order valence-electron chi connectivity index (χ3n) is 2.40. The van der Waals surface area contributed by atoms with Crippen molar-refractivity contribution in [2.45, 2.75) is 33.1 Å². The number of ether oxygens (including phenoxy) is 1. The van der Waals surface area contributed by atoms with E-state index in [0.717, 1.165) is 17.0 Å². The average Bonchev–Trinajstić information content (AvgIpc) is 2.29. The molecule has 0 aliphatic rings. The molecule has 0 saturated carbocycles. The molecule has 0 saturated heterocycles. The molecule has 0 bridgehead atoms. The molecule has 18 heavy (non-hydrogen) atoms. The van der Waals surface area contributed by atoms with Crippen molar-refractivity contribution >= 4 is 23.2 Å². The van der Waals surface area contributed by atoms with Crippen LogP contribution in [0.2, 0.25) is 0 Å². The number of carbonyl (C=O) groups is 1. The highest BCUT2D eigenvalue weighted by Gasteiger charge is 2.10. The summed E-state index contributed by atoms with van der Waals surface area (Å²) in [4.78, 5) is 11.5. The van der Waals surface area contributed by atoms with E-state index in [2.05, 4.69) is 19.2 Å². The number of hydrogen-bond donors (Lipinski definition) is 1. The molecule has 1 aromatic carbocycles. The van der Waals surface area contributed by atoms with Crippen molar-refractivity contribution in [3.05, 3.63) is 23.8 Å². The Hall–Kier alpha value is -1.22. The number of alkyl halides is 1. The van der Waals surface area contributed by atoms with Crippen LogP contribution in [-0.2, 0) is 4.79 Å². The smallest absolute Gasteiger partial charge is 0.242 e. The molecule has 0 aliphatic heterocycles. The number of carbonyl (C=O) groups excluding carboxylic acids is 1. The minimum atomic E-state index is -0.540. The Morgan fingerprint density at radius 1 is 1.39 bits per heavy atom. The predicted molar refractivity (Wildman–Crippen MR) is 75.5 cm³/mol. The fraction of sp³-hybridized carbons (Fsp3) is 0.500. The maximum atomic E-state index is 11.5. The summed E-state index contributed by atoms with van der Waals surface area (Å²) >= 11 is 5.71. The molecule has 0 aromatic heterocycles. The van der Waals surface area contributed by atoms with Gasteiger partial charge in [0.05, 0.1) is 6.61 Å². The summed E-state index contributed by atoms with van der Waals surface area (Å²) in [6, 6.07) is 5.60. The quantitative estimate of drug-likeness (QED) is 0.830. The lowest BCUT2D eigenvalue weighted by Gasteiger charge is -2.13. The number of anilines is 1. The zero-order chi connectivity index (χ0) is 13.7. The molecule has 0 heterocycles. The standard InChI is InChI=1S/C14H20ClNO2/c1-9(2)8-18-12-5-6-13(10(3)7-12)16-14(17)11(4)15/h5-7,9,11H,8H2,1-4H3,(H,16,17). The molecule has 1 N–H and O–H groups in total. The molecule has 0 fully saturated rings. The summed E-state index contributed by atoms with van der Waals surface area (Å²) in [6.07, 6.45) is 0. The van der Waals surface area contributed by atoms with Gasteiger partial charge >= 0.3 is 0 Å². The van der Waals surface area contributed by atoms with Gasteiger partial charge in [-0.05, 0) is 43.5 Å². The maximum absolute atomic E-state index is 11.5. The van der Waals surface area contributed by atoms with Gasteiger partial charge in [0.25, 0.3) is 0 Å². The molecule has 1 unspecified atom stereocenters. The highest BCUT2D eigenvalue weighted by atomic mass is 35.5. The molecule has 4 heteroatoms. The molecule has 1 atom stereocenters. The Morgan fingerprint density at radius 3 is 2.56 bits per heavy atom. The molecular weight excluding hydrogens is 250 g/mol. The van der Waals surface area contributed by atoms with E-state index in [1.54, 1.807) is 6.92 Å². The summed E-state index contributed by atoms with van der Waals surface area (Å²) in [5, 5.41) is 2.23. The Balaban J connectivity index is 2.70. The van der Waals surface area contributed by atoms with E-state index < -0.39 is 5.38 Å². The van der Waals surface area contributed by atoms with E-state index in [0.29, 0.717) is 12.5 Å². The van der Waals surface area contributed by atoms with Gasteiger partial charge in [-0.2, -0.15) is 0 Å². The van der Waals surface area contributed by atoms with Crippen LogP contribution in [-0.4, -0.2) is 17.9 Å². The van der Waals surface area contributed by atoms with E-state index in [9.17, 15) is 4.79 Å². The summed E-state index contributed by atoms with van der Waals surface area (Å²) < 4.78 is 5.62. The van der Waals surface area contributed by atoms with Crippen molar-refractivity contribution in [3.63, 3.8) is 0 Å². The highest BCUT2D eigenvalue weighted by Crippen LogP contribution is 2.22. The summed E-state index contributed by atoms with van der Waals surface area (Å²) in [6.45, 7) is 8.46. The van der Waals surface area contributed by atoms with Crippen LogP contribution in [0.15, 0.2) is 18.2 Å². The molecule has 1 rings (SSSR count). The van der Waals surface area contributed by atoms with E-state index >= 15 is 0 Å². The van der Waals surface area contributed by atoms with E-state index in [4.69, 9.17) is 16.3 Å². The normalized spacial score (nSPS) is 12.3. The lowest BCUT2D eigenvalue weighted by atomic mass is 10.2. The number of benzene rings is 1. The predicted octanol–water partition coefficient (Wildman–Crippen LogP) is 3.60. The number of amides is 1. The molecule has 1 aromatic rings. The van der Waals surface area contributed by atoms with Crippen LogP contribution in [0, 0.1) is 12.8 Å². The van der Waals surface area contributed by atoms with E-state index in [1.165, 1.54) is 0 Å². The third kappa shape index (κ3) is 4.57. The second kappa shape index (κ2) is 6.64. The Labute approximate surface area is 113 Å². The van der Waals surface area contributed by atoms with Crippen LogP contribution in [0.3, 0.4) is 0 Å². The van der Waals surface area contributed by atoms with Gasteiger partial charge in [0.15, 0.2) is 0 Å². The van der Waals surface area contributed by atoms with Gasteiger partial charge in [0.2, 0.25) is 5.91 Å². The Bertz CT molecular complexity index is 416. The molecule has 100 valence electrons. The summed E-state index contributed by atoms with van der Waals surface area (Å²) in [5.41, 5.74) is 1.73. The van der Waals surface area contributed by atoms with Crippen molar-refractivity contribution in [1.82, 2.24) is 0 Å². The topological polar surface area (TPSA) is 38.3 Å². The molecule has 1 amide bonds. The largest absolute Gasteiger partial charge is 0.493 e. The molecule has 0 aliphatic carbocycles. The lowest BCUT2D eigenvalue weighted by molar-refractivity contribution is -0.115. The first-order chi connectivity index (χ1) is 8.40. The van der Waals surface area contributed by atoms with Crippen LogP contribution in [0.25, 0.3) is 0 Å². The van der Waals surface area contributed by atoms with Crippen molar-refractivity contribution < 1.29 is 9.53 Å². The molecule has 0 spiro atoms. The third-order valence-corrected chi connectivity index (χ3v) is 2.60. The van der Waals surface area contributed by atoms with Crippen molar-refractivity contribution in [1.29, 1.82) is 0 Å². The van der Waals surface area contributed by atoms with Crippen LogP contribution in [0.4, 0.5) is 5.69 Å². The maximum Gasteiger partial charge on any atom is 0.242 e. The lowest BCUT2D eigenvalue weighted by Crippen LogP contribution is -2.20. The van der Waals surface area contributed by atoms with Gasteiger partial charge in [-0.1, -0.05) is 13.8 Å². The second-order valence-electron chi connectivity index (χ2n) is 4.79. The number of hydrogen-bond acceptors (Lipinski definition) is 2. The Kier molecular flexibility index (Phi) is 5.48. The number of rotatable bonds is 5. The fourth-order valence-electron chi connectivity index (χ4n) is 1.36. The molecule has 0 radical (unpaired) electrons. The van der Waals surface area contributed by atoms with Gasteiger partial charge < -0.3 is 10.1 Å². The number of nitrogens with one attached hydrogen (secondary N) is 1. The first kappa shape index (κ1) is 14.8. The summed E-state index contributed by atoms with van der Waals surface area (Å²) in [5.74, 6) is 1.11. The van der Waals surface area contributed by atoms with Crippen LogP contribution in [0.5, 0.6) is 5.75 Å². The number of aryl methyl sites for hydroxylation is 1. The van der Waals surface area contributed by atoms with Gasteiger partial charge in [-0.3, -0.25) is 4.79 Å². The number of halogens is 1. The van der Waals surface area contributed by atoms with Crippen LogP contribution >= 0.6 is 11.6 Å². The first-order valence-electron chi connectivity index (χ1n) is 6.08. The Morgan fingerprint density at radius 2 is 2.06 bits per heavy atom. The minimum Gasteiger partial charge on any atom is -0.493 e. The molecular formula is C14H20ClNO2. The molecule has 3 nitrogen and oxygen atoms in total. The van der Waals surface area contributed by atoms with E-state index in [-0.39, 0.29) is 5.91 Å². The zero-order valence-electron chi connectivity index (χ0n) is 11.3. The first-order valence-corrected chi connectivity index (χ1v) is 6.52. The van der Waals surface area contributed by atoms with Gasteiger partial charge in [0, 0.05) is 5.69 Å². The van der Waals surface area contributed by atoms with Gasteiger partial charge in [-0.15, -0.1) is 11.6 Å². The van der Waals surface area contributed by atoms with Crippen molar-refractivity contribution in [2.24, 2.45) is 5.92 Å². The van der Waals surface area contributed by atoms with Crippen LogP contribution < -0.4 is 10.1 Å². The highest BCUT2D eigenvalue weighted by molar-refractivity contribution is 6.32. The summed E-state index contributed by atoms with van der Waals surface area (Å²) in [7, 11) is 0. The van der Waals surface area contributed by atoms with Gasteiger partial charge in [-0.25, -0.2) is 0 Å². The monoisotopic (exact) mass is 269 g/mol. The fourth-order valence-corrected chi connectivity index (χ4v) is 1.42. The van der Waals surface area contributed by atoms with Crippen LogP contribution in [0.1, 0.15) is 26.3 Å².